The SMILES string of the molecule is CC#CC(=O)NC(C(=O)O)c1cnn(C)c1. The van der Waals surface area contributed by atoms with Gasteiger partial charge in [0, 0.05) is 18.8 Å². The van der Waals surface area contributed by atoms with Gasteiger partial charge in [0.05, 0.1) is 6.20 Å². The lowest BCUT2D eigenvalue weighted by atomic mass is 10.1. The molecule has 1 atom stereocenters. The van der Waals surface area contributed by atoms with E-state index in [4.69, 9.17) is 5.11 Å². The Balaban J connectivity index is 2.87. The molecule has 1 unspecified atom stereocenters. The van der Waals surface area contributed by atoms with Crippen LogP contribution >= 0.6 is 0 Å². The molecule has 0 radical (unpaired) electrons. The van der Waals surface area contributed by atoms with Gasteiger partial charge in [-0.3, -0.25) is 9.48 Å². The van der Waals surface area contributed by atoms with Crippen LogP contribution < -0.4 is 5.32 Å². The third-order valence-electron chi connectivity index (χ3n) is 1.82. The van der Waals surface area contributed by atoms with Gasteiger partial charge >= 0.3 is 5.97 Å². The van der Waals surface area contributed by atoms with Gasteiger partial charge in [-0.05, 0) is 12.8 Å². The number of hydrogen-bond acceptors (Lipinski definition) is 3. The summed E-state index contributed by atoms with van der Waals surface area (Å²) in [6, 6.07) is -1.12. The Kier molecular flexibility index (Phi) is 3.67. The van der Waals surface area contributed by atoms with Crippen LogP contribution in [0.1, 0.15) is 18.5 Å². The number of aryl methyl sites for hydroxylation is 1. The highest BCUT2D eigenvalue weighted by Gasteiger charge is 2.22. The van der Waals surface area contributed by atoms with Crippen LogP contribution in [0, 0.1) is 11.8 Å². The first kappa shape index (κ1) is 11.8. The number of carboxylic acid groups (broad SMARTS) is 1. The summed E-state index contributed by atoms with van der Waals surface area (Å²) < 4.78 is 1.46. The Hall–Kier alpha value is -2.29. The Labute approximate surface area is 92.3 Å². The first-order valence-corrected chi connectivity index (χ1v) is 4.49. The summed E-state index contributed by atoms with van der Waals surface area (Å²) in [6.45, 7) is 1.50. The first-order chi connectivity index (χ1) is 7.54. The molecule has 1 heterocycles. The molecule has 0 saturated carbocycles. The van der Waals surface area contributed by atoms with Gasteiger partial charge in [0.1, 0.15) is 0 Å². The van der Waals surface area contributed by atoms with Crippen LogP contribution in [0.5, 0.6) is 0 Å². The Bertz CT molecular complexity index is 467. The van der Waals surface area contributed by atoms with Gasteiger partial charge in [-0.1, -0.05) is 5.92 Å². The molecule has 16 heavy (non-hydrogen) atoms. The smallest absolute Gasteiger partial charge is 0.331 e. The van der Waals surface area contributed by atoms with Crippen molar-refractivity contribution in [3.63, 3.8) is 0 Å². The summed E-state index contributed by atoms with van der Waals surface area (Å²) in [6.07, 6.45) is 2.91. The second kappa shape index (κ2) is 4.98. The predicted molar refractivity (Wildman–Crippen MR) is 55.2 cm³/mol. The number of rotatable bonds is 3. The summed E-state index contributed by atoms with van der Waals surface area (Å²) in [5, 5.41) is 15.1. The van der Waals surface area contributed by atoms with Gasteiger partial charge in [0.2, 0.25) is 0 Å². The minimum atomic E-state index is -1.15. The van der Waals surface area contributed by atoms with Crippen molar-refractivity contribution in [2.75, 3.05) is 0 Å². The lowest BCUT2D eigenvalue weighted by molar-refractivity contribution is -0.141. The predicted octanol–water partition coefficient (Wildman–Crippen LogP) is -0.315. The molecule has 0 fully saturated rings. The Morgan fingerprint density at radius 2 is 2.31 bits per heavy atom. The largest absolute Gasteiger partial charge is 0.479 e. The van der Waals surface area contributed by atoms with Crippen molar-refractivity contribution in [3.05, 3.63) is 18.0 Å². The number of carbonyl (C=O) groups is 2. The molecule has 1 aromatic rings. The summed E-state index contributed by atoms with van der Waals surface area (Å²) in [7, 11) is 1.66. The van der Waals surface area contributed by atoms with Crippen molar-refractivity contribution in [2.45, 2.75) is 13.0 Å². The highest BCUT2D eigenvalue weighted by molar-refractivity contribution is 5.96. The Morgan fingerprint density at radius 1 is 1.62 bits per heavy atom. The van der Waals surface area contributed by atoms with Gasteiger partial charge in [0.15, 0.2) is 6.04 Å². The van der Waals surface area contributed by atoms with Gasteiger partial charge in [-0.25, -0.2) is 4.79 Å². The maximum absolute atomic E-state index is 11.2. The molecule has 0 aliphatic heterocycles. The van der Waals surface area contributed by atoms with E-state index in [0.29, 0.717) is 5.56 Å². The zero-order valence-electron chi connectivity index (χ0n) is 8.89. The van der Waals surface area contributed by atoms with Crippen LogP contribution in [0.25, 0.3) is 0 Å². The summed E-state index contributed by atoms with van der Waals surface area (Å²) in [4.78, 5) is 22.1. The van der Waals surface area contributed by atoms with Crippen molar-refractivity contribution in [1.29, 1.82) is 0 Å². The normalized spacial score (nSPS) is 11.1. The van der Waals surface area contributed by atoms with E-state index in [1.54, 1.807) is 7.05 Å². The fourth-order valence-corrected chi connectivity index (χ4v) is 1.16. The minimum Gasteiger partial charge on any atom is -0.479 e. The number of amides is 1. The van der Waals surface area contributed by atoms with Gasteiger partial charge in [-0.2, -0.15) is 5.10 Å². The summed E-state index contributed by atoms with van der Waals surface area (Å²) >= 11 is 0. The first-order valence-electron chi connectivity index (χ1n) is 4.49. The van der Waals surface area contributed by atoms with Crippen molar-refractivity contribution in [2.24, 2.45) is 7.05 Å². The monoisotopic (exact) mass is 221 g/mol. The molecular weight excluding hydrogens is 210 g/mol. The van der Waals surface area contributed by atoms with E-state index >= 15 is 0 Å². The van der Waals surface area contributed by atoms with Gasteiger partial charge in [0.25, 0.3) is 5.91 Å². The average Bonchev–Trinajstić information content (AvgIpc) is 2.61. The zero-order chi connectivity index (χ0) is 12.1. The van der Waals surface area contributed by atoms with E-state index in [2.05, 4.69) is 22.3 Å². The maximum Gasteiger partial charge on any atom is 0.331 e. The van der Waals surface area contributed by atoms with Crippen LogP contribution in [0.4, 0.5) is 0 Å². The highest BCUT2D eigenvalue weighted by Crippen LogP contribution is 2.11. The molecule has 2 N–H and O–H groups in total. The van der Waals surface area contributed by atoms with E-state index in [1.807, 2.05) is 0 Å². The lowest BCUT2D eigenvalue weighted by Gasteiger charge is -2.09. The van der Waals surface area contributed by atoms with E-state index in [0.717, 1.165) is 0 Å². The fourth-order valence-electron chi connectivity index (χ4n) is 1.16. The minimum absolute atomic E-state index is 0.404. The van der Waals surface area contributed by atoms with E-state index in [1.165, 1.54) is 24.0 Å². The van der Waals surface area contributed by atoms with Crippen LogP contribution in [-0.2, 0) is 16.6 Å². The summed E-state index contributed by atoms with van der Waals surface area (Å²) in [5.74, 6) is 2.83. The van der Waals surface area contributed by atoms with Crippen molar-refractivity contribution in [1.82, 2.24) is 15.1 Å². The lowest BCUT2D eigenvalue weighted by Crippen LogP contribution is -2.32. The number of carboxylic acids is 1. The molecule has 6 heteroatoms. The second-order valence-electron chi connectivity index (χ2n) is 3.07. The topological polar surface area (TPSA) is 84.2 Å². The standard InChI is InChI=1S/C10H11N3O3/c1-3-4-8(14)12-9(10(15)16)7-5-11-13(2)6-7/h5-6,9H,1-2H3,(H,12,14)(H,15,16). The Morgan fingerprint density at radius 3 is 2.75 bits per heavy atom. The highest BCUT2D eigenvalue weighted by atomic mass is 16.4. The van der Waals surface area contributed by atoms with E-state index < -0.39 is 17.9 Å². The number of carbonyl (C=O) groups excluding carboxylic acids is 1. The van der Waals surface area contributed by atoms with E-state index in [9.17, 15) is 9.59 Å². The zero-order valence-corrected chi connectivity index (χ0v) is 8.89. The number of nitrogens with one attached hydrogen (secondary N) is 1. The van der Waals surface area contributed by atoms with Crippen LogP contribution in [0.2, 0.25) is 0 Å². The average molecular weight is 221 g/mol. The number of aliphatic carboxylic acids is 1. The van der Waals surface area contributed by atoms with Crippen molar-refractivity contribution >= 4 is 11.9 Å². The molecule has 0 saturated heterocycles. The third-order valence-corrected chi connectivity index (χ3v) is 1.82. The van der Waals surface area contributed by atoms with Crippen molar-refractivity contribution < 1.29 is 14.7 Å². The molecule has 6 nitrogen and oxygen atoms in total. The summed E-state index contributed by atoms with van der Waals surface area (Å²) in [5.41, 5.74) is 0.404. The molecule has 0 aromatic carbocycles. The molecule has 0 spiro atoms. The number of nitrogens with zero attached hydrogens (tertiary/aromatic N) is 2. The molecule has 0 aliphatic rings. The molecule has 0 aliphatic carbocycles. The molecule has 0 bridgehead atoms. The molecule has 1 aromatic heterocycles. The van der Waals surface area contributed by atoms with E-state index in [-0.39, 0.29) is 0 Å². The van der Waals surface area contributed by atoms with Crippen LogP contribution in [-0.4, -0.2) is 26.8 Å². The van der Waals surface area contributed by atoms with Crippen LogP contribution in [0.15, 0.2) is 12.4 Å². The van der Waals surface area contributed by atoms with Crippen molar-refractivity contribution in [3.8, 4) is 11.8 Å². The second-order valence-corrected chi connectivity index (χ2v) is 3.07. The molecule has 1 rings (SSSR count). The van der Waals surface area contributed by atoms with Crippen LogP contribution in [0.3, 0.4) is 0 Å². The molecule has 1 amide bonds. The van der Waals surface area contributed by atoms with Gasteiger partial charge in [-0.15, -0.1) is 0 Å². The number of hydrogen-bond donors (Lipinski definition) is 2. The number of aromatic nitrogens is 2. The molecular formula is C10H11N3O3. The third kappa shape index (κ3) is 2.85. The fraction of sp³-hybridized carbons (Fsp3) is 0.300. The molecule has 84 valence electrons. The quantitative estimate of drug-likeness (QED) is 0.685. The van der Waals surface area contributed by atoms with Gasteiger partial charge < -0.3 is 10.4 Å². The maximum atomic E-state index is 11.2.